The molecule has 7 rings (SSSR count). The Labute approximate surface area is 190 Å². The van der Waals surface area contributed by atoms with Gasteiger partial charge in [0, 0.05) is 39.8 Å². The molecule has 33 heavy (non-hydrogen) atoms. The third-order valence-corrected chi connectivity index (χ3v) is 8.07. The van der Waals surface area contributed by atoms with Gasteiger partial charge in [-0.1, -0.05) is 18.2 Å². The first-order valence-electron chi connectivity index (χ1n) is 11.6. The highest BCUT2D eigenvalue weighted by molar-refractivity contribution is 5.86. The number of hydrogen-bond acceptors (Lipinski definition) is 2. The maximum absolute atomic E-state index is 15.6. The summed E-state index contributed by atoms with van der Waals surface area (Å²) in [5, 5.41) is 10.00. The number of rotatable bonds is 4. The second-order valence-corrected chi connectivity index (χ2v) is 10.0. The van der Waals surface area contributed by atoms with Crippen LogP contribution in [0.2, 0.25) is 0 Å². The van der Waals surface area contributed by atoms with Gasteiger partial charge in [-0.15, -0.1) is 0 Å². The summed E-state index contributed by atoms with van der Waals surface area (Å²) in [4.78, 5) is 16.8. The fourth-order valence-electron chi connectivity index (χ4n) is 6.85. The number of carboxylic acid groups (broad SMARTS) is 1. The second kappa shape index (κ2) is 7.26. The van der Waals surface area contributed by atoms with E-state index in [1.807, 2.05) is 18.2 Å². The second-order valence-electron chi connectivity index (χ2n) is 10.0. The van der Waals surface area contributed by atoms with Crippen molar-refractivity contribution in [3.05, 3.63) is 76.5 Å². The van der Waals surface area contributed by atoms with Crippen LogP contribution >= 0.6 is 0 Å². The predicted molar refractivity (Wildman–Crippen MR) is 123 cm³/mol. The molecular formula is C27H26F2N2O2. The summed E-state index contributed by atoms with van der Waals surface area (Å²) < 4.78 is 31.3. The average molecular weight is 449 g/mol. The summed E-state index contributed by atoms with van der Waals surface area (Å²) in [5.74, 6) is -1.71. The number of nitrogens with zero attached hydrogens (tertiary/aromatic N) is 1. The summed E-state index contributed by atoms with van der Waals surface area (Å²) in [7, 11) is 0. The Hall–Kier alpha value is -2.99. The highest BCUT2D eigenvalue weighted by Gasteiger charge is 2.58. The standard InChI is InChI=1S/C27H26F2N2O2/c1-15-10-19-18-4-2-3-5-22(18)30-25(19)26(31(15)27-9-8-17(13-27)14-27)24-20(28)11-16(12-21(24)29)6-7-23(32)33/h2-7,11-12,15,17,26,30H,8-10,13-14H2,1H3,(H,32,33)/b7-6+/t15-,17?,26-,27?/m1/s1. The van der Waals surface area contributed by atoms with E-state index in [1.54, 1.807) is 0 Å². The number of fused-ring (bicyclic) bond motifs is 4. The largest absolute Gasteiger partial charge is 0.478 e. The van der Waals surface area contributed by atoms with E-state index in [9.17, 15) is 4.79 Å². The third kappa shape index (κ3) is 3.07. The smallest absolute Gasteiger partial charge is 0.328 e. The van der Waals surface area contributed by atoms with Gasteiger partial charge in [0.05, 0.1) is 6.04 Å². The molecule has 2 N–H and O–H groups in total. The molecular weight excluding hydrogens is 422 g/mol. The maximum Gasteiger partial charge on any atom is 0.328 e. The van der Waals surface area contributed by atoms with Gasteiger partial charge in [0.15, 0.2) is 0 Å². The van der Waals surface area contributed by atoms with Crippen LogP contribution in [0.3, 0.4) is 0 Å². The SMILES string of the molecule is C[C@@H]1Cc2c([nH]c3ccccc23)[C@@H](c2c(F)cc(/C=C/C(=O)O)cc2F)N1C12CCC(C1)C2. The number of benzene rings is 2. The van der Waals surface area contributed by atoms with Crippen molar-refractivity contribution in [3.8, 4) is 0 Å². The lowest BCUT2D eigenvalue weighted by atomic mass is 9.72. The number of aliphatic carboxylic acids is 1. The Morgan fingerprint density at radius 2 is 1.94 bits per heavy atom. The Kier molecular flexibility index (Phi) is 4.53. The summed E-state index contributed by atoms with van der Waals surface area (Å²) in [6.07, 6.45) is 7.38. The van der Waals surface area contributed by atoms with Crippen LogP contribution in [-0.2, 0) is 11.2 Å². The van der Waals surface area contributed by atoms with Crippen LogP contribution in [-0.4, -0.2) is 32.5 Å². The molecule has 6 heteroatoms. The molecule has 2 atom stereocenters. The van der Waals surface area contributed by atoms with E-state index in [2.05, 4.69) is 22.9 Å². The van der Waals surface area contributed by atoms with Crippen molar-refractivity contribution < 1.29 is 18.7 Å². The lowest BCUT2D eigenvalue weighted by Crippen LogP contribution is -2.59. The van der Waals surface area contributed by atoms with E-state index in [0.717, 1.165) is 59.8 Å². The highest BCUT2D eigenvalue weighted by atomic mass is 19.1. The maximum atomic E-state index is 15.6. The molecule has 0 unspecified atom stereocenters. The molecule has 3 aromatic rings. The van der Waals surface area contributed by atoms with Crippen LogP contribution in [0.1, 0.15) is 61.0 Å². The first-order valence-corrected chi connectivity index (χ1v) is 11.6. The summed E-state index contributed by atoms with van der Waals surface area (Å²) in [6, 6.07) is 10.1. The minimum absolute atomic E-state index is 0.00943. The van der Waals surface area contributed by atoms with Gasteiger partial charge in [0.1, 0.15) is 11.6 Å². The Morgan fingerprint density at radius 3 is 2.61 bits per heavy atom. The van der Waals surface area contributed by atoms with Crippen molar-refractivity contribution in [2.45, 2.75) is 56.7 Å². The van der Waals surface area contributed by atoms with Crippen molar-refractivity contribution in [2.24, 2.45) is 5.92 Å². The Bertz CT molecular complexity index is 1280. The Morgan fingerprint density at radius 1 is 1.21 bits per heavy atom. The minimum Gasteiger partial charge on any atom is -0.478 e. The molecule has 4 aliphatic rings. The molecule has 1 aliphatic heterocycles. The summed E-state index contributed by atoms with van der Waals surface area (Å²) in [5.41, 5.74) is 3.24. The molecule has 3 fully saturated rings. The Balaban J connectivity index is 1.55. The van der Waals surface area contributed by atoms with Crippen molar-refractivity contribution in [3.63, 3.8) is 0 Å². The van der Waals surface area contributed by atoms with E-state index >= 15 is 8.78 Å². The monoisotopic (exact) mass is 448 g/mol. The number of carboxylic acids is 1. The number of nitrogens with one attached hydrogen (secondary N) is 1. The molecule has 3 aliphatic carbocycles. The molecule has 4 nitrogen and oxygen atoms in total. The van der Waals surface area contributed by atoms with Gasteiger partial charge in [-0.3, -0.25) is 4.90 Å². The van der Waals surface area contributed by atoms with Crippen LogP contribution in [0, 0.1) is 17.6 Å². The van der Waals surface area contributed by atoms with Crippen molar-refractivity contribution >= 4 is 22.9 Å². The molecule has 170 valence electrons. The fourth-order valence-corrected chi connectivity index (χ4v) is 6.85. The van der Waals surface area contributed by atoms with Crippen molar-refractivity contribution in [1.29, 1.82) is 0 Å². The molecule has 0 saturated heterocycles. The first-order chi connectivity index (χ1) is 15.9. The minimum atomic E-state index is -1.16. The summed E-state index contributed by atoms with van der Waals surface area (Å²) >= 11 is 0. The van der Waals surface area contributed by atoms with E-state index in [4.69, 9.17) is 5.11 Å². The molecule has 2 heterocycles. The number of hydrogen-bond donors (Lipinski definition) is 2. The number of halogens is 2. The van der Waals surface area contributed by atoms with Crippen LogP contribution in [0.4, 0.5) is 8.78 Å². The van der Waals surface area contributed by atoms with Gasteiger partial charge in [-0.05, 0) is 80.3 Å². The first kappa shape index (κ1) is 20.6. The van der Waals surface area contributed by atoms with Gasteiger partial charge < -0.3 is 10.1 Å². The van der Waals surface area contributed by atoms with Crippen LogP contribution in [0.5, 0.6) is 0 Å². The average Bonchev–Trinajstić information content (AvgIpc) is 3.44. The number of para-hydroxylation sites is 1. The molecule has 0 spiro atoms. The van der Waals surface area contributed by atoms with E-state index in [0.29, 0.717) is 0 Å². The number of H-pyrrole nitrogens is 1. The molecule has 0 amide bonds. The van der Waals surface area contributed by atoms with Crippen LogP contribution < -0.4 is 0 Å². The zero-order chi connectivity index (χ0) is 22.9. The van der Waals surface area contributed by atoms with E-state index < -0.39 is 23.6 Å². The van der Waals surface area contributed by atoms with Gasteiger partial charge in [0.25, 0.3) is 0 Å². The topological polar surface area (TPSA) is 56.3 Å². The van der Waals surface area contributed by atoms with Crippen molar-refractivity contribution in [2.75, 3.05) is 0 Å². The molecule has 0 radical (unpaired) electrons. The number of carbonyl (C=O) groups is 1. The normalized spacial score (nSPS) is 28.9. The van der Waals surface area contributed by atoms with Gasteiger partial charge in [-0.2, -0.15) is 0 Å². The predicted octanol–water partition coefficient (Wildman–Crippen LogP) is 5.82. The van der Waals surface area contributed by atoms with Gasteiger partial charge >= 0.3 is 5.97 Å². The molecule has 1 aromatic heterocycles. The molecule has 3 saturated carbocycles. The van der Waals surface area contributed by atoms with E-state index in [-0.39, 0.29) is 22.7 Å². The molecule has 2 aromatic carbocycles. The number of aromatic amines is 1. The van der Waals surface area contributed by atoms with Crippen LogP contribution in [0.15, 0.2) is 42.5 Å². The third-order valence-electron chi connectivity index (χ3n) is 8.07. The summed E-state index contributed by atoms with van der Waals surface area (Å²) in [6.45, 7) is 2.18. The zero-order valence-electron chi connectivity index (χ0n) is 18.4. The highest BCUT2D eigenvalue weighted by Crippen LogP contribution is 2.60. The quantitative estimate of drug-likeness (QED) is 0.495. The van der Waals surface area contributed by atoms with Gasteiger partial charge in [-0.25, -0.2) is 13.6 Å². The molecule has 2 bridgehead atoms. The zero-order valence-corrected chi connectivity index (χ0v) is 18.4. The number of aromatic nitrogens is 1. The lowest BCUT2D eigenvalue weighted by Gasteiger charge is -2.55. The fraction of sp³-hybridized carbons (Fsp3) is 0.370. The van der Waals surface area contributed by atoms with E-state index in [1.165, 1.54) is 24.6 Å². The lowest BCUT2D eigenvalue weighted by molar-refractivity contribution is -0.131. The van der Waals surface area contributed by atoms with Gasteiger partial charge in [0.2, 0.25) is 0 Å². The van der Waals surface area contributed by atoms with Crippen molar-refractivity contribution in [1.82, 2.24) is 9.88 Å². The van der Waals surface area contributed by atoms with Crippen LogP contribution in [0.25, 0.3) is 17.0 Å².